The number of piperidine rings is 1. The quantitative estimate of drug-likeness (QED) is 0.300. The maximum atomic E-state index is 12.7. The average Bonchev–Trinajstić information content (AvgIpc) is 2.83. The van der Waals surface area contributed by atoms with Crippen molar-refractivity contribution in [2.45, 2.75) is 44.6 Å². The van der Waals surface area contributed by atoms with E-state index >= 15 is 0 Å². The van der Waals surface area contributed by atoms with Crippen LogP contribution in [0.5, 0.6) is 5.75 Å². The van der Waals surface area contributed by atoms with Gasteiger partial charge >= 0.3 is 5.97 Å². The Morgan fingerprint density at radius 1 is 1.24 bits per heavy atom. The minimum atomic E-state index is -0.726. The number of carbonyl (C=O) groups is 3. The molecule has 182 valence electrons. The van der Waals surface area contributed by atoms with Gasteiger partial charge in [-0.1, -0.05) is 23.4 Å². The van der Waals surface area contributed by atoms with Gasteiger partial charge in [0.2, 0.25) is 0 Å². The molecule has 2 aliphatic heterocycles. The van der Waals surface area contributed by atoms with E-state index in [1.54, 1.807) is 29.2 Å². The van der Waals surface area contributed by atoms with Crippen molar-refractivity contribution in [2.75, 3.05) is 26.3 Å². The number of benzene rings is 1. The summed E-state index contributed by atoms with van der Waals surface area (Å²) in [4.78, 5) is 43.8. The molecule has 1 aromatic carbocycles. The minimum absolute atomic E-state index is 0.00239. The lowest BCUT2D eigenvalue weighted by Gasteiger charge is -2.26. The van der Waals surface area contributed by atoms with Gasteiger partial charge in [-0.15, -0.1) is 0 Å². The minimum Gasteiger partial charge on any atom is -0.508 e. The Morgan fingerprint density at radius 3 is 2.79 bits per heavy atom. The molecule has 34 heavy (non-hydrogen) atoms. The Hall–Kier alpha value is -3.46. The Bertz CT molecular complexity index is 978. The Kier molecular flexibility index (Phi) is 9.40. The molecule has 0 bridgehead atoms. The molecule has 3 rings (SSSR count). The topological polar surface area (TPSA) is 126 Å². The molecule has 1 saturated heterocycles. The first kappa shape index (κ1) is 25.2. The third kappa shape index (κ3) is 7.28. The van der Waals surface area contributed by atoms with Crippen molar-refractivity contribution in [1.29, 1.82) is 0 Å². The number of phenolic OH excluding ortho intramolecular Hbond substituents is 1. The van der Waals surface area contributed by atoms with Crippen molar-refractivity contribution in [3.05, 3.63) is 53.1 Å². The molecule has 0 aliphatic carbocycles. The van der Waals surface area contributed by atoms with Crippen LogP contribution in [0.25, 0.3) is 0 Å². The molecule has 0 spiro atoms. The van der Waals surface area contributed by atoms with Crippen LogP contribution in [-0.4, -0.2) is 71.4 Å². The lowest BCUT2D eigenvalue weighted by atomic mass is 9.96. The fourth-order valence-electron chi connectivity index (χ4n) is 3.88. The highest BCUT2D eigenvalue weighted by molar-refractivity contribution is 6.03. The number of nitrogens with zero attached hydrogens (tertiary/aromatic N) is 2. The number of rotatable bonds is 4. The summed E-state index contributed by atoms with van der Waals surface area (Å²) in [6, 6.07) is 2.57. The van der Waals surface area contributed by atoms with Gasteiger partial charge in [0.1, 0.15) is 5.75 Å². The zero-order chi connectivity index (χ0) is 24.3. The first-order valence-corrected chi connectivity index (χ1v) is 11.4. The van der Waals surface area contributed by atoms with Crippen molar-refractivity contribution >= 4 is 23.9 Å². The van der Waals surface area contributed by atoms with E-state index in [-0.39, 0.29) is 42.4 Å². The molecule has 1 unspecified atom stereocenters. The number of aromatic hydroxyl groups is 1. The number of hydrogen-bond donors (Lipinski definition) is 2. The van der Waals surface area contributed by atoms with Crippen molar-refractivity contribution in [2.24, 2.45) is 5.16 Å². The molecule has 1 fully saturated rings. The molecule has 1 atom stereocenters. The van der Waals surface area contributed by atoms with E-state index in [4.69, 9.17) is 9.57 Å². The van der Waals surface area contributed by atoms with Gasteiger partial charge in [-0.2, -0.15) is 0 Å². The van der Waals surface area contributed by atoms with Gasteiger partial charge in [0.15, 0.2) is 12.9 Å². The molecule has 0 saturated carbocycles. The lowest BCUT2D eigenvalue weighted by Crippen LogP contribution is -2.37. The molecular formula is C25H30N2O7. The summed E-state index contributed by atoms with van der Waals surface area (Å²) in [7, 11) is 0. The smallest absolute Gasteiger partial charge is 0.339 e. The van der Waals surface area contributed by atoms with Crippen LogP contribution in [0.3, 0.4) is 0 Å². The van der Waals surface area contributed by atoms with E-state index in [0.29, 0.717) is 43.5 Å². The molecule has 9 heteroatoms. The normalized spacial score (nSPS) is 22.7. The van der Waals surface area contributed by atoms with Gasteiger partial charge < -0.3 is 24.7 Å². The first-order valence-electron chi connectivity index (χ1n) is 11.4. The van der Waals surface area contributed by atoms with E-state index in [1.807, 2.05) is 0 Å². The summed E-state index contributed by atoms with van der Waals surface area (Å²) in [5.74, 6) is -1.04. The molecule has 1 amide bonds. The highest BCUT2D eigenvalue weighted by Gasteiger charge is 2.21. The van der Waals surface area contributed by atoms with E-state index in [9.17, 15) is 24.6 Å². The van der Waals surface area contributed by atoms with Crippen LogP contribution in [0.2, 0.25) is 0 Å². The van der Waals surface area contributed by atoms with Crippen molar-refractivity contribution in [1.82, 2.24) is 4.90 Å². The van der Waals surface area contributed by atoms with Crippen LogP contribution in [0, 0.1) is 0 Å². The number of cyclic esters (lactones) is 1. The number of phenols is 1. The SMILES string of the molecule is O=Cc1cc(O)cc2c1C(=O)OCC/C=C/C(O)C/C=C/C(=N/OCC(=O)N1CCCCC1)C2. The summed E-state index contributed by atoms with van der Waals surface area (Å²) >= 11 is 0. The van der Waals surface area contributed by atoms with Crippen molar-refractivity contribution in [3.63, 3.8) is 0 Å². The monoisotopic (exact) mass is 470 g/mol. The van der Waals surface area contributed by atoms with E-state index < -0.39 is 12.1 Å². The summed E-state index contributed by atoms with van der Waals surface area (Å²) in [5, 5.41) is 24.2. The van der Waals surface area contributed by atoms with Crippen LogP contribution >= 0.6 is 0 Å². The zero-order valence-electron chi connectivity index (χ0n) is 19.0. The van der Waals surface area contributed by atoms with Gasteiger partial charge in [-0.05, 0) is 55.9 Å². The highest BCUT2D eigenvalue weighted by Crippen LogP contribution is 2.23. The standard InChI is InChI=1S/C25H30N2O7/c28-16-19-15-22(30)14-18-13-20(26-34-17-23(31)27-10-3-1-4-11-27)7-6-9-21(29)8-2-5-12-33-25(32)24(18)19/h2,6-8,14-16,21,29-30H,1,3-5,9-13,17H2/b7-6+,8-2+,26-20-. The molecule has 1 aromatic rings. The van der Waals surface area contributed by atoms with Crippen molar-refractivity contribution < 1.29 is 34.2 Å². The molecule has 2 aliphatic rings. The van der Waals surface area contributed by atoms with Crippen molar-refractivity contribution in [3.8, 4) is 5.75 Å². The largest absolute Gasteiger partial charge is 0.508 e. The van der Waals surface area contributed by atoms with Crippen LogP contribution < -0.4 is 0 Å². The maximum absolute atomic E-state index is 12.7. The van der Waals surface area contributed by atoms with E-state index in [2.05, 4.69) is 5.16 Å². The predicted molar refractivity (Wildman–Crippen MR) is 125 cm³/mol. The number of aldehydes is 1. The number of esters is 1. The third-order valence-electron chi connectivity index (χ3n) is 5.58. The molecule has 2 heterocycles. The van der Waals surface area contributed by atoms with Crippen LogP contribution in [0.1, 0.15) is 58.4 Å². The van der Waals surface area contributed by atoms with Crippen LogP contribution in [-0.2, 0) is 20.8 Å². The number of carbonyl (C=O) groups excluding carboxylic acids is 3. The number of oxime groups is 1. The third-order valence-corrected chi connectivity index (χ3v) is 5.58. The molecule has 0 aromatic heterocycles. The fraction of sp³-hybridized carbons (Fsp3) is 0.440. The number of likely N-dealkylation sites (tertiary alicyclic amines) is 1. The lowest BCUT2D eigenvalue weighted by molar-refractivity contribution is -0.137. The second-order valence-corrected chi connectivity index (χ2v) is 8.22. The zero-order valence-corrected chi connectivity index (χ0v) is 19.0. The first-order chi connectivity index (χ1) is 16.5. The number of aliphatic hydroxyl groups excluding tert-OH is 1. The van der Waals surface area contributed by atoms with Crippen LogP contribution in [0.4, 0.5) is 0 Å². The number of amides is 1. The summed E-state index contributed by atoms with van der Waals surface area (Å²) in [6.07, 6.45) is 10.2. The van der Waals surface area contributed by atoms with Gasteiger partial charge in [-0.3, -0.25) is 9.59 Å². The average molecular weight is 471 g/mol. The molecular weight excluding hydrogens is 440 g/mol. The van der Waals surface area contributed by atoms with E-state index in [0.717, 1.165) is 19.3 Å². The number of aliphatic hydroxyl groups is 1. The molecule has 2 N–H and O–H groups in total. The number of allylic oxidation sites excluding steroid dienone is 1. The predicted octanol–water partition coefficient (Wildman–Crippen LogP) is 2.56. The highest BCUT2D eigenvalue weighted by atomic mass is 16.6. The Labute approximate surface area is 198 Å². The number of fused-ring (bicyclic) bond motifs is 1. The fourth-order valence-corrected chi connectivity index (χ4v) is 3.88. The Balaban J connectivity index is 1.87. The summed E-state index contributed by atoms with van der Waals surface area (Å²) in [6.45, 7) is 1.25. The van der Waals surface area contributed by atoms with E-state index in [1.165, 1.54) is 12.1 Å². The van der Waals surface area contributed by atoms with Crippen LogP contribution in [0.15, 0.2) is 41.6 Å². The molecule has 0 radical (unpaired) electrons. The summed E-state index contributed by atoms with van der Waals surface area (Å²) < 4.78 is 5.29. The molecule has 9 nitrogen and oxygen atoms in total. The second-order valence-electron chi connectivity index (χ2n) is 8.22. The van der Waals surface area contributed by atoms with Gasteiger partial charge in [0.25, 0.3) is 5.91 Å². The summed E-state index contributed by atoms with van der Waals surface area (Å²) in [5.41, 5.74) is 0.715. The second kappa shape index (κ2) is 12.7. The maximum Gasteiger partial charge on any atom is 0.339 e. The Morgan fingerprint density at radius 2 is 2.03 bits per heavy atom. The van der Waals surface area contributed by atoms with Gasteiger partial charge in [0.05, 0.1) is 24.0 Å². The number of ether oxygens (including phenoxy) is 1. The van der Waals surface area contributed by atoms with Gasteiger partial charge in [0, 0.05) is 25.1 Å². The number of hydrogen-bond acceptors (Lipinski definition) is 8. The van der Waals surface area contributed by atoms with Gasteiger partial charge in [-0.25, -0.2) is 4.79 Å².